The number of carbonyl (C=O) groups is 1. The van der Waals surface area contributed by atoms with E-state index in [-0.39, 0.29) is 10.6 Å². The SMILES string of the molecule is CC(C)=CCC/C(C)=C/CC/C(C)=C/CC/C(C)=C/CCC(=O)N1CC[N+](C)([O-])CC1. The molecule has 1 saturated heterocycles. The van der Waals surface area contributed by atoms with Crippen molar-refractivity contribution < 1.29 is 9.44 Å². The van der Waals surface area contributed by atoms with Gasteiger partial charge in [-0.25, -0.2) is 0 Å². The summed E-state index contributed by atoms with van der Waals surface area (Å²) in [5, 5.41) is 11.9. The summed E-state index contributed by atoms with van der Waals surface area (Å²) in [5.74, 6) is 0.184. The van der Waals surface area contributed by atoms with Crippen LogP contribution in [0, 0.1) is 5.21 Å². The molecule has 0 atom stereocenters. The van der Waals surface area contributed by atoms with Gasteiger partial charge in [-0.2, -0.15) is 0 Å². The average Bonchev–Trinajstić information content (AvgIpc) is 2.67. The Hall–Kier alpha value is -1.65. The van der Waals surface area contributed by atoms with E-state index in [0.717, 1.165) is 44.9 Å². The first-order valence-electron chi connectivity index (χ1n) is 12.0. The van der Waals surface area contributed by atoms with Crippen LogP contribution in [0.25, 0.3) is 0 Å². The maximum Gasteiger partial charge on any atom is 0.223 e. The van der Waals surface area contributed by atoms with Crippen molar-refractivity contribution in [2.45, 2.75) is 86.0 Å². The van der Waals surface area contributed by atoms with Gasteiger partial charge in [-0.3, -0.25) is 4.79 Å². The van der Waals surface area contributed by atoms with Crippen molar-refractivity contribution in [3.63, 3.8) is 0 Å². The van der Waals surface area contributed by atoms with Crippen molar-refractivity contribution >= 4 is 5.91 Å². The first-order valence-corrected chi connectivity index (χ1v) is 12.0. The fraction of sp³-hybridized carbons (Fsp3) is 0.667. The highest BCUT2D eigenvalue weighted by molar-refractivity contribution is 5.76. The fourth-order valence-electron chi connectivity index (χ4n) is 3.72. The number of quaternary nitrogens is 1. The second-order valence-corrected chi connectivity index (χ2v) is 9.71. The van der Waals surface area contributed by atoms with E-state index in [1.165, 1.54) is 22.3 Å². The van der Waals surface area contributed by atoms with E-state index in [1.54, 1.807) is 7.05 Å². The Kier molecular flexibility index (Phi) is 12.7. The zero-order valence-corrected chi connectivity index (χ0v) is 21.0. The molecule has 0 radical (unpaired) electrons. The van der Waals surface area contributed by atoms with Gasteiger partial charge >= 0.3 is 0 Å². The van der Waals surface area contributed by atoms with Crippen LogP contribution in [-0.2, 0) is 4.79 Å². The van der Waals surface area contributed by atoms with E-state index < -0.39 is 0 Å². The van der Waals surface area contributed by atoms with Gasteiger partial charge in [0.15, 0.2) is 0 Å². The zero-order chi connectivity index (χ0) is 23.3. The van der Waals surface area contributed by atoms with Crippen molar-refractivity contribution in [2.24, 2.45) is 0 Å². The monoisotopic (exact) mass is 430 g/mol. The van der Waals surface area contributed by atoms with Gasteiger partial charge in [0.2, 0.25) is 5.91 Å². The van der Waals surface area contributed by atoms with Gasteiger partial charge in [0.05, 0.1) is 33.2 Å². The summed E-state index contributed by atoms with van der Waals surface area (Å²) in [7, 11) is 1.69. The van der Waals surface area contributed by atoms with Gasteiger partial charge < -0.3 is 14.8 Å². The van der Waals surface area contributed by atoms with Gasteiger partial charge in [0.25, 0.3) is 0 Å². The van der Waals surface area contributed by atoms with Crippen LogP contribution in [0.2, 0.25) is 0 Å². The highest BCUT2D eigenvalue weighted by atomic mass is 16.5. The maximum atomic E-state index is 12.3. The molecule has 1 rings (SSSR count). The summed E-state index contributed by atoms with van der Waals surface area (Å²) in [6.07, 6.45) is 17.3. The molecule has 4 heteroatoms. The topological polar surface area (TPSA) is 43.4 Å². The van der Waals surface area contributed by atoms with Gasteiger partial charge in [0, 0.05) is 6.42 Å². The van der Waals surface area contributed by atoms with Crippen molar-refractivity contribution in [1.29, 1.82) is 0 Å². The molecule has 0 aromatic rings. The molecular weight excluding hydrogens is 384 g/mol. The molecule has 1 fully saturated rings. The molecule has 0 spiro atoms. The number of allylic oxidation sites excluding steroid dienone is 8. The second-order valence-electron chi connectivity index (χ2n) is 9.71. The Morgan fingerprint density at radius 3 is 1.55 bits per heavy atom. The first kappa shape index (κ1) is 27.4. The van der Waals surface area contributed by atoms with Gasteiger partial charge in [0.1, 0.15) is 0 Å². The third-order valence-corrected chi connectivity index (χ3v) is 6.04. The lowest BCUT2D eigenvalue weighted by Gasteiger charge is -2.45. The van der Waals surface area contributed by atoms with Crippen LogP contribution < -0.4 is 0 Å². The minimum absolute atomic E-state index is 0.184. The normalized spacial score (nSPS) is 17.6. The number of hydroxylamine groups is 3. The van der Waals surface area contributed by atoms with Crippen LogP contribution >= 0.6 is 0 Å². The Labute approximate surface area is 191 Å². The minimum atomic E-state index is -0.220. The molecule has 1 aliphatic rings. The van der Waals surface area contributed by atoms with Gasteiger partial charge in [-0.05, 0) is 79.6 Å². The Morgan fingerprint density at radius 2 is 1.13 bits per heavy atom. The predicted molar refractivity (Wildman–Crippen MR) is 134 cm³/mol. The minimum Gasteiger partial charge on any atom is -0.633 e. The smallest absolute Gasteiger partial charge is 0.223 e. The van der Waals surface area contributed by atoms with Crippen molar-refractivity contribution in [2.75, 3.05) is 33.2 Å². The van der Waals surface area contributed by atoms with E-state index in [0.29, 0.717) is 32.6 Å². The van der Waals surface area contributed by atoms with Crippen LogP contribution in [0.3, 0.4) is 0 Å². The second kappa shape index (κ2) is 14.4. The third kappa shape index (κ3) is 13.4. The molecular formula is C27H46N2O2. The average molecular weight is 431 g/mol. The van der Waals surface area contributed by atoms with Gasteiger partial charge in [-0.15, -0.1) is 0 Å². The van der Waals surface area contributed by atoms with E-state index >= 15 is 0 Å². The third-order valence-electron chi connectivity index (χ3n) is 6.04. The van der Waals surface area contributed by atoms with Gasteiger partial charge in [-0.1, -0.05) is 46.6 Å². The molecule has 0 N–H and O–H groups in total. The van der Waals surface area contributed by atoms with Crippen LogP contribution in [0.5, 0.6) is 0 Å². The summed E-state index contributed by atoms with van der Waals surface area (Å²) in [5.41, 5.74) is 5.71. The molecule has 31 heavy (non-hydrogen) atoms. The summed E-state index contributed by atoms with van der Waals surface area (Å²) in [4.78, 5) is 14.2. The standard InChI is InChI=1S/C27H46N2O2/c1-23(2)11-7-12-24(3)13-8-14-25(4)15-9-16-26(5)17-10-18-27(30)28-19-21-29(6,31)22-20-28/h11,13,15,17H,7-10,12,14,16,18-22H2,1-6H3/b24-13+,25-15+,26-17+. The number of hydrogen-bond donors (Lipinski definition) is 0. The number of hydrogen-bond acceptors (Lipinski definition) is 2. The largest absolute Gasteiger partial charge is 0.633 e. The molecule has 1 amide bonds. The Bertz CT molecular complexity index is 669. The summed E-state index contributed by atoms with van der Waals surface area (Å²) in [6, 6.07) is 0. The highest BCUT2D eigenvalue weighted by Gasteiger charge is 2.24. The predicted octanol–water partition coefficient (Wildman–Crippen LogP) is 6.70. The Morgan fingerprint density at radius 1 is 0.742 bits per heavy atom. The molecule has 0 bridgehead atoms. The number of amides is 1. The van der Waals surface area contributed by atoms with Crippen molar-refractivity contribution in [3.8, 4) is 0 Å². The fourth-order valence-corrected chi connectivity index (χ4v) is 3.72. The lowest BCUT2D eigenvalue weighted by Crippen LogP contribution is -2.55. The molecule has 0 unspecified atom stereocenters. The van der Waals surface area contributed by atoms with Crippen LogP contribution in [0.4, 0.5) is 0 Å². The van der Waals surface area contributed by atoms with Crippen molar-refractivity contribution in [3.05, 3.63) is 51.8 Å². The lowest BCUT2D eigenvalue weighted by molar-refractivity contribution is -0.864. The number of carbonyl (C=O) groups excluding carboxylic acids is 1. The molecule has 0 saturated carbocycles. The summed E-state index contributed by atoms with van der Waals surface area (Å²) in [6.45, 7) is 13.2. The van der Waals surface area contributed by atoms with E-state index in [9.17, 15) is 10.0 Å². The quantitative estimate of drug-likeness (QED) is 0.196. The molecule has 0 aromatic heterocycles. The molecule has 1 aliphatic heterocycles. The summed E-state index contributed by atoms with van der Waals surface area (Å²) < 4.78 is -0.220. The first-order chi connectivity index (χ1) is 14.6. The molecule has 0 aliphatic carbocycles. The van der Waals surface area contributed by atoms with Crippen LogP contribution in [-0.4, -0.2) is 48.7 Å². The van der Waals surface area contributed by atoms with Crippen LogP contribution in [0.1, 0.15) is 86.0 Å². The van der Waals surface area contributed by atoms with E-state index in [2.05, 4.69) is 58.9 Å². The van der Waals surface area contributed by atoms with E-state index in [4.69, 9.17) is 0 Å². The maximum absolute atomic E-state index is 12.3. The Balaban J connectivity index is 2.22. The number of likely N-dealkylation sites (N-methyl/N-ethyl adjacent to an activating group) is 1. The zero-order valence-electron chi connectivity index (χ0n) is 21.0. The number of nitrogens with zero attached hydrogens (tertiary/aromatic N) is 2. The highest BCUT2D eigenvalue weighted by Crippen LogP contribution is 2.15. The molecule has 0 aromatic carbocycles. The van der Waals surface area contributed by atoms with Crippen molar-refractivity contribution in [1.82, 2.24) is 4.90 Å². The molecule has 176 valence electrons. The number of piperazine rings is 1. The lowest BCUT2D eigenvalue weighted by atomic mass is 10.0. The summed E-state index contributed by atoms with van der Waals surface area (Å²) >= 11 is 0. The molecule has 4 nitrogen and oxygen atoms in total. The van der Waals surface area contributed by atoms with Crippen LogP contribution in [0.15, 0.2) is 46.6 Å². The molecule has 1 heterocycles. The van der Waals surface area contributed by atoms with E-state index in [1.807, 2.05) is 4.90 Å². The number of rotatable bonds is 12.